The Morgan fingerprint density at radius 3 is 1.94 bits per heavy atom. The number of nitrogens with zero attached hydrogens (tertiary/aromatic N) is 5. The molecule has 0 aliphatic carbocycles. The molecule has 1 saturated heterocycles. The molecule has 0 spiro atoms. The van der Waals surface area contributed by atoms with Crippen molar-refractivity contribution < 1.29 is 48.3 Å². The number of aromatic nitrogens is 4. The number of aliphatic hydroxyl groups is 1. The van der Waals surface area contributed by atoms with Crippen molar-refractivity contribution in [2.45, 2.75) is 126 Å². The molecule has 1 aliphatic heterocycles. The molecule has 9 amide bonds. The number of hydrogen-bond donors (Lipinski definition) is 17. The van der Waals surface area contributed by atoms with Crippen LogP contribution in [-0.2, 0) is 56.0 Å². The molecule has 0 radical (unpaired) electrons. The number of guanidine groups is 1. The van der Waals surface area contributed by atoms with E-state index in [9.17, 15) is 48.3 Å². The van der Waals surface area contributed by atoms with Crippen LogP contribution in [-0.4, -0.2) is 183 Å². The molecular formula is C46H77N21O10. The zero-order valence-corrected chi connectivity index (χ0v) is 43.0. The smallest absolute Gasteiger partial charge is 0.269 e. The number of aliphatic imine (C=N–C) groups is 2. The van der Waals surface area contributed by atoms with Crippen molar-refractivity contribution in [1.29, 1.82) is 0 Å². The number of primary amides is 1. The van der Waals surface area contributed by atoms with E-state index in [1.54, 1.807) is 0 Å². The topological polar surface area (TPSA) is 540 Å². The largest absolute Gasteiger partial charge is 0.389 e. The van der Waals surface area contributed by atoms with Gasteiger partial charge in [0.15, 0.2) is 5.96 Å². The Morgan fingerprint density at radius 2 is 1.36 bits per heavy atom. The quantitative estimate of drug-likeness (QED) is 0.0132. The third-order valence-electron chi connectivity index (χ3n) is 12.0. The van der Waals surface area contributed by atoms with Gasteiger partial charge in [-0.25, -0.2) is 15.0 Å². The Kier molecular flexibility index (Phi) is 28.1. The Labute approximate surface area is 444 Å². The van der Waals surface area contributed by atoms with Gasteiger partial charge in [-0.05, 0) is 83.8 Å². The van der Waals surface area contributed by atoms with Crippen molar-refractivity contribution >= 4 is 64.8 Å². The fourth-order valence-electron chi connectivity index (χ4n) is 7.83. The summed E-state index contributed by atoms with van der Waals surface area (Å²) < 4.78 is 0. The molecule has 31 nitrogen and oxygen atoms in total. The molecule has 0 bridgehead atoms. The van der Waals surface area contributed by atoms with Crippen molar-refractivity contribution in [3.05, 3.63) is 48.2 Å². The number of nitrogens with one attached hydrogen (secondary N) is 8. The maximum Gasteiger partial charge on any atom is 0.269 e. The van der Waals surface area contributed by atoms with E-state index in [2.05, 4.69) is 61.8 Å². The highest BCUT2D eigenvalue weighted by Crippen LogP contribution is 2.20. The van der Waals surface area contributed by atoms with Crippen LogP contribution in [0.1, 0.15) is 82.0 Å². The second-order valence-corrected chi connectivity index (χ2v) is 18.0. The highest BCUT2D eigenvalue weighted by Gasteiger charge is 2.39. The van der Waals surface area contributed by atoms with Gasteiger partial charge >= 0.3 is 0 Å². The van der Waals surface area contributed by atoms with Crippen molar-refractivity contribution in [2.75, 3.05) is 45.8 Å². The third-order valence-corrected chi connectivity index (χ3v) is 12.0. The van der Waals surface area contributed by atoms with Gasteiger partial charge in [0.05, 0.1) is 31.3 Å². The van der Waals surface area contributed by atoms with E-state index in [1.807, 2.05) is 0 Å². The molecule has 0 aromatic carbocycles. The van der Waals surface area contributed by atoms with E-state index in [4.69, 9.17) is 45.9 Å². The standard InChI is InChI=1S/C46H77N21O10/c47-13-3-1-8-28(51)39(71)66-37(35(68)20-50)44(76)65-32(18-26-21-55-24-59-26)40(72)58-23-36(69)61-31(10-5-15-49)45(77)67-17-7-12-34(67)43(75)64-33(19-27-22-56-25-60-27)42(74)63-30(9-2-4-14-48)41(73)62-29(38(52)70)11-6-16-57-46(53)54/h11,21-22,24-25,28,30,32-35,37,68H,1-10,12-20,23,47-51H2,(H2,52,70)(H,55,59)(H,56,60)(H,58,72)(H,62,73)(H,63,74)(H,64,75)(H,65,76)(H,66,71)(H4,53,54,57)/b29-11-,61-31?/t28-,30-,32-,33-,34-,35-,37-/m0/s1. The number of aliphatic hydroxyl groups excluding tert-OH is 1. The van der Waals surface area contributed by atoms with Crippen LogP contribution in [0, 0.1) is 0 Å². The first kappa shape index (κ1) is 63.6. The number of carbonyl (C=O) groups is 9. The highest BCUT2D eigenvalue weighted by molar-refractivity contribution is 6.40. The molecule has 3 heterocycles. The lowest BCUT2D eigenvalue weighted by Gasteiger charge is -2.27. The molecule has 77 heavy (non-hydrogen) atoms. The minimum atomic E-state index is -1.63. The van der Waals surface area contributed by atoms with Gasteiger partial charge in [-0.2, -0.15) is 0 Å². The van der Waals surface area contributed by atoms with Crippen molar-refractivity contribution in [2.24, 2.45) is 55.9 Å². The average Bonchev–Trinajstić information content (AvgIpc) is 4.23. The van der Waals surface area contributed by atoms with Gasteiger partial charge in [0.2, 0.25) is 35.4 Å². The summed E-state index contributed by atoms with van der Waals surface area (Å²) in [4.78, 5) is 145. The lowest BCUT2D eigenvalue weighted by molar-refractivity contribution is -0.136. The van der Waals surface area contributed by atoms with Crippen LogP contribution in [0.5, 0.6) is 0 Å². The summed E-state index contributed by atoms with van der Waals surface area (Å²) in [5.74, 6) is -7.88. The van der Waals surface area contributed by atoms with E-state index >= 15 is 0 Å². The molecule has 3 rings (SSSR count). The second-order valence-electron chi connectivity index (χ2n) is 18.0. The summed E-state index contributed by atoms with van der Waals surface area (Å²) in [6.07, 6.45) is 7.97. The molecule has 426 valence electrons. The fraction of sp³-hybridized carbons (Fsp3) is 0.587. The number of H-pyrrole nitrogens is 2. The molecule has 2 aromatic heterocycles. The summed E-state index contributed by atoms with van der Waals surface area (Å²) in [6.45, 7) is -0.312. The van der Waals surface area contributed by atoms with E-state index in [0.29, 0.717) is 50.0 Å². The number of carbonyl (C=O) groups excluding carboxylic acids is 9. The molecule has 7 atom stereocenters. The summed E-state index contributed by atoms with van der Waals surface area (Å²) in [7, 11) is 0. The molecule has 1 aliphatic rings. The van der Waals surface area contributed by atoms with Gasteiger partial charge < -0.3 is 97.7 Å². The number of imidazole rings is 2. The van der Waals surface area contributed by atoms with E-state index in [0.717, 1.165) is 0 Å². The number of unbranched alkanes of at least 4 members (excludes halogenated alkanes) is 2. The van der Waals surface area contributed by atoms with Crippen LogP contribution in [0.2, 0.25) is 0 Å². The number of likely N-dealkylation sites (tertiary alicyclic amines) is 1. The molecule has 1 fully saturated rings. The van der Waals surface area contributed by atoms with Crippen molar-refractivity contribution in [3.8, 4) is 0 Å². The van der Waals surface area contributed by atoms with Gasteiger partial charge in [-0.15, -0.1) is 0 Å². The van der Waals surface area contributed by atoms with Gasteiger partial charge in [0.25, 0.3) is 17.7 Å². The first-order chi connectivity index (χ1) is 36.8. The Balaban J connectivity index is 1.81. The molecule has 25 N–H and O–H groups in total. The maximum absolute atomic E-state index is 14.3. The van der Waals surface area contributed by atoms with Crippen LogP contribution in [0.3, 0.4) is 0 Å². The SMILES string of the molecule is NCCCC[C@H](NC(=O)[C@H](Cc1cnc[nH]1)NC(=O)[C@@H]1CCCN1C(=O)C(CCCN)=NC(=O)CNC(=O)[C@H](Cc1cnc[nH]1)NC(=O)[C@@H](NC(=O)[C@@H](N)CCCCN)[C@@H](O)CN)C(=O)N/C(=C\CCN=C(N)N)C(N)=O. The number of aromatic amines is 2. The summed E-state index contributed by atoms with van der Waals surface area (Å²) in [5.41, 5.74) is 45.2. The Hall–Kier alpha value is -7.71. The Morgan fingerprint density at radius 1 is 0.753 bits per heavy atom. The van der Waals surface area contributed by atoms with E-state index < -0.39 is 109 Å². The summed E-state index contributed by atoms with van der Waals surface area (Å²) in [6, 6.07) is -7.84. The molecule has 31 heteroatoms. The lowest BCUT2D eigenvalue weighted by atomic mass is 10.1. The highest BCUT2D eigenvalue weighted by atomic mass is 16.3. The van der Waals surface area contributed by atoms with Crippen LogP contribution in [0.15, 0.2) is 46.8 Å². The summed E-state index contributed by atoms with van der Waals surface area (Å²) >= 11 is 0. The Bertz CT molecular complexity index is 2340. The fourth-order valence-corrected chi connectivity index (χ4v) is 7.83. The van der Waals surface area contributed by atoms with Crippen LogP contribution in [0.25, 0.3) is 0 Å². The first-order valence-corrected chi connectivity index (χ1v) is 25.3. The van der Waals surface area contributed by atoms with E-state index in [1.165, 1.54) is 36.0 Å². The average molecular weight is 1080 g/mol. The van der Waals surface area contributed by atoms with E-state index in [-0.39, 0.29) is 94.9 Å². The molecule has 0 unspecified atom stereocenters. The molecular weight excluding hydrogens is 1010 g/mol. The molecule has 0 saturated carbocycles. The second kappa shape index (κ2) is 34.1. The van der Waals surface area contributed by atoms with Crippen LogP contribution >= 0.6 is 0 Å². The monoisotopic (exact) mass is 1080 g/mol. The van der Waals surface area contributed by atoms with Gasteiger partial charge in [-0.3, -0.25) is 48.1 Å². The van der Waals surface area contributed by atoms with Gasteiger partial charge in [-0.1, -0.05) is 12.5 Å². The van der Waals surface area contributed by atoms with Gasteiger partial charge in [0.1, 0.15) is 41.6 Å². The molecule has 2 aromatic rings. The number of hydrogen-bond acceptors (Lipinski definition) is 18. The third kappa shape index (κ3) is 22.2. The number of rotatable bonds is 35. The number of nitrogens with two attached hydrogens (primary N) is 8. The minimum Gasteiger partial charge on any atom is -0.389 e. The summed E-state index contributed by atoms with van der Waals surface area (Å²) in [5, 5.41) is 25.7. The minimum absolute atomic E-state index is 0.0570. The zero-order valence-electron chi connectivity index (χ0n) is 43.0. The maximum atomic E-state index is 14.3. The normalized spacial score (nSPS) is 15.9. The van der Waals surface area contributed by atoms with Crippen molar-refractivity contribution in [3.63, 3.8) is 0 Å². The number of amides is 9. The first-order valence-electron chi connectivity index (χ1n) is 25.3. The lowest BCUT2D eigenvalue weighted by Crippen LogP contribution is -2.61. The van der Waals surface area contributed by atoms with Crippen molar-refractivity contribution in [1.82, 2.24) is 56.7 Å². The van der Waals surface area contributed by atoms with Gasteiger partial charge in [0, 0.05) is 56.3 Å². The zero-order chi connectivity index (χ0) is 56.9. The predicted molar refractivity (Wildman–Crippen MR) is 280 cm³/mol. The van der Waals surface area contributed by atoms with Crippen LogP contribution in [0.4, 0.5) is 0 Å². The predicted octanol–water partition coefficient (Wildman–Crippen LogP) is -7.28. The van der Waals surface area contributed by atoms with Crippen LogP contribution < -0.4 is 77.8 Å².